The number of anilines is 1. The largest absolute Gasteiger partial charge is 0.495 e. The lowest BCUT2D eigenvalue weighted by molar-refractivity contribution is -0.114. The third-order valence-corrected chi connectivity index (χ3v) is 6.79. The Morgan fingerprint density at radius 1 is 1.10 bits per heavy atom. The summed E-state index contributed by atoms with van der Waals surface area (Å²) < 4.78 is 11.8. The Balaban J connectivity index is 1.97. The molecule has 3 rings (SSSR count). The fraction of sp³-hybridized carbons (Fsp3) is 0.364. The number of likely N-dealkylation sites (N-methyl/N-ethyl adjacent to an activating group) is 1. The third kappa shape index (κ3) is 5.00. The minimum absolute atomic E-state index is 0.0902. The summed E-state index contributed by atoms with van der Waals surface area (Å²) in [6.45, 7) is 7.45. The van der Waals surface area contributed by atoms with Crippen molar-refractivity contribution in [3.05, 3.63) is 40.6 Å². The van der Waals surface area contributed by atoms with Crippen molar-refractivity contribution in [1.82, 2.24) is 9.88 Å². The number of thiazole rings is 1. The van der Waals surface area contributed by atoms with Gasteiger partial charge in [0, 0.05) is 24.0 Å². The highest BCUT2D eigenvalue weighted by atomic mass is 32.1. The summed E-state index contributed by atoms with van der Waals surface area (Å²) in [7, 11) is 3.25. The second-order valence-corrected chi connectivity index (χ2v) is 8.47. The summed E-state index contributed by atoms with van der Waals surface area (Å²) in [5.74, 6) is 1.30. The molecule has 0 saturated carbocycles. The zero-order valence-electron chi connectivity index (χ0n) is 17.8. The molecule has 0 aliphatic rings. The smallest absolute Gasteiger partial charge is 0.252 e. The lowest BCUT2D eigenvalue weighted by atomic mass is 10.3. The number of nitrogens with zero attached hydrogens (tertiary/aromatic N) is 3. The van der Waals surface area contributed by atoms with Gasteiger partial charge in [-0.3, -0.25) is 9.69 Å². The zero-order valence-corrected chi connectivity index (χ0v) is 19.4. The van der Waals surface area contributed by atoms with E-state index in [1.165, 1.54) is 11.3 Å². The van der Waals surface area contributed by atoms with Crippen LogP contribution in [-0.2, 0) is 4.79 Å². The van der Waals surface area contributed by atoms with E-state index in [9.17, 15) is 4.79 Å². The van der Waals surface area contributed by atoms with Crippen molar-refractivity contribution in [2.75, 3.05) is 45.3 Å². The lowest BCUT2D eigenvalue weighted by Gasteiger charge is -2.23. The van der Waals surface area contributed by atoms with Crippen LogP contribution in [0.4, 0.5) is 5.13 Å². The summed E-state index contributed by atoms with van der Waals surface area (Å²) in [5.41, 5.74) is 0.708. The van der Waals surface area contributed by atoms with Crippen LogP contribution < -0.4 is 14.4 Å². The predicted molar refractivity (Wildman–Crippen MR) is 126 cm³/mol. The van der Waals surface area contributed by atoms with Crippen LogP contribution in [0.25, 0.3) is 16.3 Å². The van der Waals surface area contributed by atoms with Gasteiger partial charge in [-0.2, -0.15) is 0 Å². The summed E-state index contributed by atoms with van der Waals surface area (Å²) in [4.78, 5) is 23.0. The molecule has 30 heavy (non-hydrogen) atoms. The molecular formula is C22H27N3O3S2. The average Bonchev–Trinajstić information content (AvgIpc) is 3.44. The first-order valence-corrected chi connectivity index (χ1v) is 11.6. The first-order chi connectivity index (χ1) is 14.6. The average molecular weight is 446 g/mol. The van der Waals surface area contributed by atoms with Crippen molar-refractivity contribution >= 4 is 50.0 Å². The molecule has 2 aromatic heterocycles. The van der Waals surface area contributed by atoms with Crippen LogP contribution in [0.1, 0.15) is 18.7 Å². The van der Waals surface area contributed by atoms with Crippen molar-refractivity contribution in [2.24, 2.45) is 0 Å². The van der Waals surface area contributed by atoms with Gasteiger partial charge in [-0.15, -0.1) is 11.3 Å². The third-order valence-electron chi connectivity index (χ3n) is 4.86. The van der Waals surface area contributed by atoms with E-state index in [4.69, 9.17) is 14.5 Å². The van der Waals surface area contributed by atoms with E-state index in [2.05, 4.69) is 18.7 Å². The number of rotatable bonds is 10. The number of carbonyl (C=O) groups is 1. The van der Waals surface area contributed by atoms with Gasteiger partial charge in [0.2, 0.25) is 0 Å². The fourth-order valence-corrected chi connectivity index (χ4v) is 4.82. The molecule has 6 nitrogen and oxygen atoms in total. The maximum Gasteiger partial charge on any atom is 0.252 e. The van der Waals surface area contributed by atoms with E-state index in [0.717, 1.165) is 35.0 Å². The van der Waals surface area contributed by atoms with Crippen molar-refractivity contribution in [3.63, 3.8) is 0 Å². The maximum absolute atomic E-state index is 13.1. The molecule has 1 aromatic carbocycles. The van der Waals surface area contributed by atoms with Crippen LogP contribution in [0.15, 0.2) is 35.7 Å². The van der Waals surface area contributed by atoms with E-state index >= 15 is 0 Å². The quantitative estimate of drug-likeness (QED) is 0.421. The van der Waals surface area contributed by atoms with Crippen LogP contribution in [0.5, 0.6) is 11.5 Å². The Labute approximate surface area is 185 Å². The minimum Gasteiger partial charge on any atom is -0.495 e. The van der Waals surface area contributed by atoms with Gasteiger partial charge in [-0.1, -0.05) is 31.3 Å². The molecule has 0 aliphatic carbocycles. The first-order valence-electron chi connectivity index (χ1n) is 9.88. The molecule has 0 aliphatic heterocycles. The monoisotopic (exact) mass is 445 g/mol. The Hall–Kier alpha value is -2.42. The molecule has 0 unspecified atom stereocenters. The standard InChI is InChI=1S/C22H27N3O3S2/c1-5-24(6-2)13-14-25(19(26)12-9-16-8-7-15-29-16)22-23-20-17(27-3)10-11-18(28-4)21(20)30-22/h7-12,15H,5-6,13-14H2,1-4H3. The van der Waals surface area contributed by atoms with Crippen LogP contribution in [0.2, 0.25) is 0 Å². The molecule has 1 amide bonds. The number of hydrogen-bond donors (Lipinski definition) is 0. The minimum atomic E-state index is -0.0902. The predicted octanol–water partition coefficient (Wildman–Crippen LogP) is 4.76. The van der Waals surface area contributed by atoms with Crippen LogP contribution >= 0.6 is 22.7 Å². The van der Waals surface area contributed by atoms with Crippen molar-refractivity contribution in [2.45, 2.75) is 13.8 Å². The summed E-state index contributed by atoms with van der Waals surface area (Å²) in [6.07, 6.45) is 3.47. The van der Waals surface area contributed by atoms with Gasteiger partial charge < -0.3 is 14.4 Å². The maximum atomic E-state index is 13.1. The Morgan fingerprint density at radius 2 is 1.83 bits per heavy atom. The number of hydrogen-bond acceptors (Lipinski definition) is 7. The fourth-order valence-electron chi connectivity index (χ4n) is 3.10. The van der Waals surface area contributed by atoms with Gasteiger partial charge in [-0.05, 0) is 42.7 Å². The molecular weight excluding hydrogens is 418 g/mol. The van der Waals surface area contributed by atoms with E-state index in [-0.39, 0.29) is 5.91 Å². The van der Waals surface area contributed by atoms with Crippen molar-refractivity contribution in [1.29, 1.82) is 0 Å². The lowest BCUT2D eigenvalue weighted by Crippen LogP contribution is -2.38. The van der Waals surface area contributed by atoms with E-state index in [1.54, 1.807) is 36.5 Å². The Bertz CT molecular complexity index is 954. The van der Waals surface area contributed by atoms with Crippen LogP contribution in [-0.4, -0.2) is 56.2 Å². The molecule has 0 atom stereocenters. The Kier molecular flexibility index (Phi) is 7.84. The number of aromatic nitrogens is 1. The summed E-state index contributed by atoms with van der Waals surface area (Å²) in [5, 5.41) is 2.63. The van der Waals surface area contributed by atoms with Gasteiger partial charge in [-0.25, -0.2) is 4.98 Å². The number of thiophene rings is 1. The second kappa shape index (κ2) is 10.6. The number of amides is 1. The normalized spacial score (nSPS) is 11.5. The molecule has 8 heteroatoms. The number of ether oxygens (including phenoxy) is 2. The van der Waals surface area contributed by atoms with Gasteiger partial charge in [0.05, 0.1) is 14.2 Å². The second-order valence-electron chi connectivity index (χ2n) is 6.51. The highest BCUT2D eigenvalue weighted by molar-refractivity contribution is 7.22. The van der Waals surface area contributed by atoms with Gasteiger partial charge in [0.15, 0.2) is 5.13 Å². The molecule has 0 fully saturated rings. The van der Waals surface area contributed by atoms with E-state index in [0.29, 0.717) is 22.9 Å². The molecule has 0 saturated heterocycles. The van der Waals surface area contributed by atoms with Gasteiger partial charge >= 0.3 is 0 Å². The van der Waals surface area contributed by atoms with Crippen molar-refractivity contribution < 1.29 is 14.3 Å². The van der Waals surface area contributed by atoms with E-state index in [1.807, 2.05) is 35.7 Å². The first kappa shape index (κ1) is 22.3. The van der Waals surface area contributed by atoms with Gasteiger partial charge in [0.25, 0.3) is 5.91 Å². The van der Waals surface area contributed by atoms with E-state index < -0.39 is 0 Å². The number of fused-ring (bicyclic) bond motifs is 1. The van der Waals surface area contributed by atoms with Crippen LogP contribution in [0.3, 0.4) is 0 Å². The molecule has 160 valence electrons. The SMILES string of the molecule is CCN(CC)CCN(C(=O)C=Cc1cccs1)c1nc2c(OC)ccc(OC)c2s1. The molecule has 0 radical (unpaired) electrons. The highest BCUT2D eigenvalue weighted by Crippen LogP contribution is 2.40. The molecule has 0 N–H and O–H groups in total. The number of benzene rings is 1. The number of carbonyl (C=O) groups excluding carboxylic acids is 1. The molecule has 0 spiro atoms. The summed E-state index contributed by atoms with van der Waals surface area (Å²) in [6, 6.07) is 7.66. The zero-order chi connectivity index (χ0) is 21.5. The van der Waals surface area contributed by atoms with Crippen LogP contribution in [0, 0.1) is 0 Å². The van der Waals surface area contributed by atoms with Crippen molar-refractivity contribution in [3.8, 4) is 11.5 Å². The molecule has 2 heterocycles. The van der Waals surface area contributed by atoms with Gasteiger partial charge in [0.1, 0.15) is 21.7 Å². The molecule has 0 bridgehead atoms. The molecule has 3 aromatic rings. The topological polar surface area (TPSA) is 54.9 Å². The summed E-state index contributed by atoms with van der Waals surface area (Å²) >= 11 is 3.04. The highest BCUT2D eigenvalue weighted by Gasteiger charge is 2.21. The Morgan fingerprint density at radius 3 is 2.47 bits per heavy atom. The number of methoxy groups -OCH3 is 2.